The summed E-state index contributed by atoms with van der Waals surface area (Å²) in [6.07, 6.45) is 1.35. The fourth-order valence-electron chi connectivity index (χ4n) is 3.49. The van der Waals surface area contributed by atoms with E-state index in [2.05, 4.69) is 0 Å². The second-order valence-electron chi connectivity index (χ2n) is 6.69. The van der Waals surface area contributed by atoms with E-state index in [0.29, 0.717) is 69.4 Å². The number of hydrogen-bond acceptors (Lipinski definition) is 4. The van der Waals surface area contributed by atoms with Crippen molar-refractivity contribution in [3.8, 4) is 0 Å². The number of nitrogens with zero attached hydrogens (tertiary/aromatic N) is 2. The van der Waals surface area contributed by atoms with Crippen molar-refractivity contribution in [2.75, 3.05) is 45.9 Å². The van der Waals surface area contributed by atoms with E-state index in [1.807, 2.05) is 4.90 Å². The quantitative estimate of drug-likeness (QED) is 0.837. The van der Waals surface area contributed by atoms with Crippen LogP contribution in [0.3, 0.4) is 0 Å². The fraction of sp³-hybridized carbons (Fsp3) is 0.556. The first-order chi connectivity index (χ1) is 12.1. The van der Waals surface area contributed by atoms with Crippen LogP contribution in [0.1, 0.15) is 23.2 Å². The molecule has 0 saturated carbocycles. The van der Waals surface area contributed by atoms with Gasteiger partial charge in [-0.3, -0.25) is 9.59 Å². The van der Waals surface area contributed by atoms with Crippen LogP contribution >= 0.6 is 24.0 Å². The molecule has 2 heterocycles. The van der Waals surface area contributed by atoms with Crippen LogP contribution in [0.25, 0.3) is 0 Å². The molecule has 8 heteroatoms. The van der Waals surface area contributed by atoms with Gasteiger partial charge in [0.2, 0.25) is 5.91 Å². The van der Waals surface area contributed by atoms with E-state index in [4.69, 9.17) is 22.1 Å². The summed E-state index contributed by atoms with van der Waals surface area (Å²) in [5.41, 5.74) is 6.05. The summed E-state index contributed by atoms with van der Waals surface area (Å²) in [6, 6.07) is 6.89. The van der Waals surface area contributed by atoms with Crippen LogP contribution in [0.15, 0.2) is 24.3 Å². The summed E-state index contributed by atoms with van der Waals surface area (Å²) in [7, 11) is 0. The van der Waals surface area contributed by atoms with Gasteiger partial charge in [0.25, 0.3) is 5.91 Å². The largest absolute Gasteiger partial charge is 0.381 e. The molecule has 0 radical (unpaired) electrons. The van der Waals surface area contributed by atoms with Crippen molar-refractivity contribution in [3.05, 3.63) is 34.9 Å². The van der Waals surface area contributed by atoms with Crippen molar-refractivity contribution in [2.24, 2.45) is 11.1 Å². The highest BCUT2D eigenvalue weighted by Gasteiger charge is 2.42. The average Bonchev–Trinajstić information content (AvgIpc) is 2.68. The van der Waals surface area contributed by atoms with Gasteiger partial charge in [-0.25, -0.2) is 0 Å². The lowest BCUT2D eigenvalue weighted by atomic mass is 9.78. The molecule has 3 rings (SSSR count). The van der Waals surface area contributed by atoms with Crippen molar-refractivity contribution >= 4 is 35.8 Å². The molecule has 2 aliphatic rings. The second kappa shape index (κ2) is 9.04. The maximum Gasteiger partial charge on any atom is 0.253 e. The minimum Gasteiger partial charge on any atom is -0.381 e. The molecule has 0 spiro atoms. The van der Waals surface area contributed by atoms with Gasteiger partial charge in [-0.05, 0) is 37.1 Å². The number of ether oxygens (including phenoxy) is 1. The SMILES string of the molecule is Cl.NCC1(C(=O)N2CCN(C(=O)c3ccc(Cl)cc3)CC2)CCOCC1. The predicted octanol–water partition coefficient (Wildman–Crippen LogP) is 1.80. The molecule has 2 saturated heterocycles. The highest BCUT2D eigenvalue weighted by molar-refractivity contribution is 6.30. The standard InChI is InChI=1S/C18H24ClN3O3.ClH/c19-15-3-1-14(2-4-15)16(23)21-7-9-22(10-8-21)17(24)18(13-20)5-11-25-12-6-18;/h1-4H,5-13,20H2;1H. The third-order valence-corrected chi connectivity index (χ3v) is 5.49. The molecule has 144 valence electrons. The van der Waals surface area contributed by atoms with Crippen LogP contribution in [0.2, 0.25) is 5.02 Å². The molecule has 0 atom stereocenters. The zero-order valence-corrected chi connectivity index (χ0v) is 16.2. The molecule has 1 aromatic carbocycles. The Hall–Kier alpha value is -1.34. The summed E-state index contributed by atoms with van der Waals surface area (Å²) in [4.78, 5) is 29.1. The van der Waals surface area contributed by atoms with E-state index >= 15 is 0 Å². The predicted molar refractivity (Wildman–Crippen MR) is 103 cm³/mol. The number of hydrogen-bond donors (Lipinski definition) is 1. The van der Waals surface area contributed by atoms with Crippen LogP contribution in [0.5, 0.6) is 0 Å². The Morgan fingerprint density at radius 2 is 1.58 bits per heavy atom. The normalized spacial score (nSPS) is 19.6. The zero-order chi connectivity index (χ0) is 17.9. The maximum absolute atomic E-state index is 13.0. The number of piperazine rings is 1. The van der Waals surface area contributed by atoms with E-state index in [1.54, 1.807) is 29.2 Å². The number of amides is 2. The molecule has 26 heavy (non-hydrogen) atoms. The highest BCUT2D eigenvalue weighted by atomic mass is 35.5. The number of benzene rings is 1. The molecule has 0 unspecified atom stereocenters. The molecule has 2 aliphatic heterocycles. The monoisotopic (exact) mass is 401 g/mol. The van der Waals surface area contributed by atoms with Crippen molar-refractivity contribution in [3.63, 3.8) is 0 Å². The lowest BCUT2D eigenvalue weighted by molar-refractivity contribution is -0.148. The molecule has 6 nitrogen and oxygen atoms in total. The minimum absolute atomic E-state index is 0. The molecule has 2 amide bonds. The van der Waals surface area contributed by atoms with Crippen LogP contribution in [-0.2, 0) is 9.53 Å². The molecule has 0 aromatic heterocycles. The smallest absolute Gasteiger partial charge is 0.253 e. The summed E-state index contributed by atoms with van der Waals surface area (Å²) in [5.74, 6) is 0.0836. The van der Waals surface area contributed by atoms with Crippen molar-refractivity contribution in [1.82, 2.24) is 9.80 Å². The Morgan fingerprint density at radius 3 is 2.12 bits per heavy atom. The number of carbonyl (C=O) groups is 2. The first-order valence-corrected chi connectivity index (χ1v) is 9.05. The fourth-order valence-corrected chi connectivity index (χ4v) is 3.62. The van der Waals surface area contributed by atoms with Gasteiger partial charge in [-0.1, -0.05) is 11.6 Å². The summed E-state index contributed by atoms with van der Waals surface area (Å²) in [6.45, 7) is 3.66. The zero-order valence-electron chi connectivity index (χ0n) is 14.7. The van der Waals surface area contributed by atoms with Crippen LogP contribution < -0.4 is 5.73 Å². The second-order valence-corrected chi connectivity index (χ2v) is 7.12. The highest BCUT2D eigenvalue weighted by Crippen LogP contribution is 2.32. The van der Waals surface area contributed by atoms with Gasteiger partial charge in [-0.2, -0.15) is 0 Å². The number of halogens is 2. The Bertz CT molecular complexity index is 625. The lowest BCUT2D eigenvalue weighted by Gasteiger charge is -2.42. The first kappa shape index (κ1) is 21.0. The molecular weight excluding hydrogens is 377 g/mol. The molecule has 0 aliphatic carbocycles. The Morgan fingerprint density at radius 1 is 1.04 bits per heavy atom. The van der Waals surface area contributed by atoms with Gasteiger partial charge in [0.15, 0.2) is 0 Å². The van der Waals surface area contributed by atoms with E-state index in [1.165, 1.54) is 0 Å². The van der Waals surface area contributed by atoms with Crippen LogP contribution in [-0.4, -0.2) is 67.6 Å². The molecule has 0 bridgehead atoms. The number of rotatable bonds is 3. The van der Waals surface area contributed by atoms with E-state index in [0.717, 1.165) is 0 Å². The van der Waals surface area contributed by atoms with Crippen molar-refractivity contribution in [1.29, 1.82) is 0 Å². The van der Waals surface area contributed by atoms with E-state index in [9.17, 15) is 9.59 Å². The molecule has 2 N–H and O–H groups in total. The molecular formula is C18H25Cl2N3O3. The minimum atomic E-state index is -0.499. The van der Waals surface area contributed by atoms with Crippen molar-refractivity contribution < 1.29 is 14.3 Å². The Kier molecular flexibility index (Phi) is 7.29. The van der Waals surface area contributed by atoms with Gasteiger partial charge in [0, 0.05) is 56.5 Å². The van der Waals surface area contributed by atoms with Crippen LogP contribution in [0.4, 0.5) is 0 Å². The van der Waals surface area contributed by atoms with Gasteiger partial charge in [-0.15, -0.1) is 12.4 Å². The van der Waals surface area contributed by atoms with Gasteiger partial charge >= 0.3 is 0 Å². The first-order valence-electron chi connectivity index (χ1n) is 8.68. The third kappa shape index (κ3) is 4.31. The average molecular weight is 402 g/mol. The topological polar surface area (TPSA) is 75.9 Å². The van der Waals surface area contributed by atoms with E-state index < -0.39 is 5.41 Å². The summed E-state index contributed by atoms with van der Waals surface area (Å²) >= 11 is 5.87. The summed E-state index contributed by atoms with van der Waals surface area (Å²) in [5, 5.41) is 0.607. The molecule has 1 aromatic rings. The third-order valence-electron chi connectivity index (χ3n) is 5.24. The van der Waals surface area contributed by atoms with E-state index in [-0.39, 0.29) is 24.2 Å². The number of nitrogens with two attached hydrogens (primary N) is 1. The van der Waals surface area contributed by atoms with Crippen molar-refractivity contribution in [2.45, 2.75) is 12.8 Å². The van der Waals surface area contributed by atoms with Gasteiger partial charge in [0.1, 0.15) is 0 Å². The Balaban J connectivity index is 0.00000243. The van der Waals surface area contributed by atoms with Crippen LogP contribution in [0, 0.1) is 5.41 Å². The van der Waals surface area contributed by atoms with Gasteiger partial charge < -0.3 is 20.3 Å². The van der Waals surface area contributed by atoms with Gasteiger partial charge in [0.05, 0.1) is 5.41 Å². The lowest BCUT2D eigenvalue weighted by Crippen LogP contribution is -2.57. The molecule has 2 fully saturated rings. The summed E-state index contributed by atoms with van der Waals surface area (Å²) < 4.78 is 5.38. The maximum atomic E-state index is 13.0. The number of carbonyl (C=O) groups excluding carboxylic acids is 2. The Labute approximate surface area is 165 Å².